The van der Waals surface area contributed by atoms with Crippen LogP contribution in [0.5, 0.6) is 0 Å². The molecule has 0 aliphatic rings. The van der Waals surface area contributed by atoms with Crippen LogP contribution in [0.25, 0.3) is 0 Å². The summed E-state index contributed by atoms with van der Waals surface area (Å²) in [6, 6.07) is 20.8. The summed E-state index contributed by atoms with van der Waals surface area (Å²) in [5.41, 5.74) is 1.34. The summed E-state index contributed by atoms with van der Waals surface area (Å²) in [6.45, 7) is 1.60. The number of hydrogen-bond acceptors (Lipinski definition) is 2. The lowest BCUT2D eigenvalue weighted by atomic mass is 10.1. The number of hydrogen-bond donors (Lipinski definition) is 0. The fourth-order valence-corrected chi connectivity index (χ4v) is 3.12. The lowest BCUT2D eigenvalue weighted by Crippen LogP contribution is -2.02. The molecule has 0 aliphatic carbocycles. The van der Waals surface area contributed by atoms with Gasteiger partial charge in [0.15, 0.2) is 5.78 Å². The van der Waals surface area contributed by atoms with E-state index in [1.54, 1.807) is 13.0 Å². The maximum absolute atomic E-state index is 11.2. The zero-order valence-electron chi connectivity index (χ0n) is 12.2. The van der Waals surface area contributed by atoms with Crippen molar-refractivity contribution in [2.75, 3.05) is 0 Å². The van der Waals surface area contributed by atoms with E-state index in [1.165, 1.54) is 10.5 Å². The third-order valence-electron chi connectivity index (χ3n) is 3.14. The van der Waals surface area contributed by atoms with Crippen molar-refractivity contribution in [3.8, 4) is 0 Å². The smallest absolute Gasteiger partial charge is 0.152 e. The molecule has 108 valence electrons. The number of allylic oxidation sites excluding steroid dienone is 1. The second-order valence-corrected chi connectivity index (χ2v) is 6.28. The minimum absolute atomic E-state index is 0.105. The number of thioether (sulfide) groups is 1. The second kappa shape index (κ2) is 8.48. The van der Waals surface area contributed by atoms with E-state index in [0.717, 1.165) is 12.8 Å². The molecule has 0 spiro atoms. The van der Waals surface area contributed by atoms with Gasteiger partial charge in [0.1, 0.15) is 0 Å². The Morgan fingerprint density at radius 1 is 1.05 bits per heavy atom. The zero-order valence-corrected chi connectivity index (χ0v) is 13.1. The van der Waals surface area contributed by atoms with Crippen LogP contribution >= 0.6 is 11.8 Å². The van der Waals surface area contributed by atoms with Gasteiger partial charge in [-0.2, -0.15) is 0 Å². The van der Waals surface area contributed by atoms with E-state index >= 15 is 0 Å². The van der Waals surface area contributed by atoms with Crippen molar-refractivity contribution in [2.24, 2.45) is 0 Å². The standard InChI is InChI=1S/C19H20OS/c1-16(20)12-14-19(21-18-10-6-3-7-11-18)15-13-17-8-4-2-5-9-17/h2-12,14,19H,13,15H2,1H3/b14-12+. The van der Waals surface area contributed by atoms with Gasteiger partial charge in [-0.3, -0.25) is 4.79 Å². The molecule has 2 rings (SSSR count). The lowest BCUT2D eigenvalue weighted by molar-refractivity contribution is -0.112. The molecular weight excluding hydrogens is 276 g/mol. The van der Waals surface area contributed by atoms with Crippen molar-refractivity contribution >= 4 is 17.5 Å². The summed E-state index contributed by atoms with van der Waals surface area (Å²) in [5.74, 6) is 0.105. The molecule has 0 amide bonds. The molecule has 2 aromatic rings. The quantitative estimate of drug-likeness (QED) is 0.532. The van der Waals surface area contributed by atoms with Crippen molar-refractivity contribution in [1.29, 1.82) is 0 Å². The van der Waals surface area contributed by atoms with Gasteiger partial charge in [0.25, 0.3) is 0 Å². The summed E-state index contributed by atoms with van der Waals surface area (Å²) in [4.78, 5) is 12.4. The molecule has 2 aromatic carbocycles. The second-order valence-electron chi connectivity index (χ2n) is 4.96. The van der Waals surface area contributed by atoms with Gasteiger partial charge in [-0.05, 0) is 43.5 Å². The van der Waals surface area contributed by atoms with Gasteiger partial charge in [-0.1, -0.05) is 54.6 Å². The number of aryl methyl sites for hydroxylation is 1. The molecule has 0 aromatic heterocycles. The van der Waals surface area contributed by atoms with Gasteiger partial charge >= 0.3 is 0 Å². The summed E-state index contributed by atoms with van der Waals surface area (Å²) < 4.78 is 0. The number of benzene rings is 2. The van der Waals surface area contributed by atoms with Crippen LogP contribution in [0.15, 0.2) is 77.7 Å². The number of ketones is 1. The first-order valence-electron chi connectivity index (χ1n) is 7.18. The van der Waals surface area contributed by atoms with Gasteiger partial charge < -0.3 is 0 Å². The molecule has 2 heteroatoms. The van der Waals surface area contributed by atoms with Crippen LogP contribution < -0.4 is 0 Å². The lowest BCUT2D eigenvalue weighted by Gasteiger charge is -2.12. The summed E-state index contributed by atoms with van der Waals surface area (Å²) in [5, 5.41) is 0.316. The van der Waals surface area contributed by atoms with Gasteiger partial charge in [0.05, 0.1) is 0 Å². The summed E-state index contributed by atoms with van der Waals surface area (Å²) in [7, 11) is 0. The molecule has 1 atom stereocenters. The molecule has 0 radical (unpaired) electrons. The Balaban J connectivity index is 2.00. The number of rotatable bonds is 7. The zero-order chi connectivity index (χ0) is 14.9. The maximum Gasteiger partial charge on any atom is 0.152 e. The minimum Gasteiger partial charge on any atom is -0.295 e. The largest absolute Gasteiger partial charge is 0.295 e. The highest BCUT2D eigenvalue weighted by atomic mass is 32.2. The molecular formula is C19H20OS. The maximum atomic E-state index is 11.2. The summed E-state index contributed by atoms with van der Waals surface area (Å²) in [6.07, 6.45) is 5.76. The Bertz CT molecular complexity index is 575. The Morgan fingerprint density at radius 2 is 1.67 bits per heavy atom. The topological polar surface area (TPSA) is 17.1 Å². The highest BCUT2D eigenvalue weighted by Crippen LogP contribution is 2.27. The number of carbonyl (C=O) groups excluding carboxylic acids is 1. The van der Waals surface area contributed by atoms with Gasteiger partial charge in [0, 0.05) is 10.1 Å². The van der Waals surface area contributed by atoms with Gasteiger partial charge in [-0.15, -0.1) is 11.8 Å². The predicted octanol–water partition coefficient (Wildman–Crippen LogP) is 4.93. The van der Waals surface area contributed by atoms with Crippen molar-refractivity contribution in [1.82, 2.24) is 0 Å². The highest BCUT2D eigenvalue weighted by molar-refractivity contribution is 8.00. The SMILES string of the molecule is CC(=O)/C=C/C(CCc1ccccc1)Sc1ccccc1. The van der Waals surface area contributed by atoms with Crippen LogP contribution in [0.1, 0.15) is 18.9 Å². The Morgan fingerprint density at radius 3 is 2.29 bits per heavy atom. The minimum atomic E-state index is 0.105. The normalized spacial score (nSPS) is 12.4. The van der Waals surface area contributed by atoms with Crippen LogP contribution in [0, 0.1) is 0 Å². The van der Waals surface area contributed by atoms with E-state index < -0.39 is 0 Å². The molecule has 0 aliphatic heterocycles. The van der Waals surface area contributed by atoms with E-state index in [2.05, 4.69) is 36.4 Å². The third kappa shape index (κ3) is 6.01. The van der Waals surface area contributed by atoms with E-state index in [4.69, 9.17) is 0 Å². The van der Waals surface area contributed by atoms with E-state index in [9.17, 15) is 4.79 Å². The molecule has 0 saturated heterocycles. The van der Waals surface area contributed by atoms with Crippen molar-refractivity contribution in [3.05, 3.63) is 78.4 Å². The van der Waals surface area contributed by atoms with Gasteiger partial charge in [-0.25, -0.2) is 0 Å². The van der Waals surface area contributed by atoms with Crippen LogP contribution in [-0.2, 0) is 11.2 Å². The third-order valence-corrected chi connectivity index (χ3v) is 4.38. The van der Waals surface area contributed by atoms with E-state index in [-0.39, 0.29) is 5.78 Å². The van der Waals surface area contributed by atoms with Crippen molar-refractivity contribution < 1.29 is 4.79 Å². The molecule has 1 nitrogen and oxygen atoms in total. The highest BCUT2D eigenvalue weighted by Gasteiger charge is 2.08. The summed E-state index contributed by atoms with van der Waals surface area (Å²) >= 11 is 1.81. The first kappa shape index (κ1) is 15.6. The van der Waals surface area contributed by atoms with Crippen molar-refractivity contribution in [2.45, 2.75) is 29.9 Å². The van der Waals surface area contributed by atoms with Crippen LogP contribution in [-0.4, -0.2) is 11.0 Å². The molecule has 21 heavy (non-hydrogen) atoms. The monoisotopic (exact) mass is 296 g/mol. The van der Waals surface area contributed by atoms with Crippen LogP contribution in [0.2, 0.25) is 0 Å². The fourth-order valence-electron chi connectivity index (χ4n) is 2.06. The average Bonchev–Trinajstić information content (AvgIpc) is 2.52. The predicted molar refractivity (Wildman–Crippen MR) is 90.7 cm³/mol. The average molecular weight is 296 g/mol. The van der Waals surface area contributed by atoms with Crippen LogP contribution in [0.4, 0.5) is 0 Å². The first-order valence-corrected chi connectivity index (χ1v) is 8.06. The van der Waals surface area contributed by atoms with Crippen molar-refractivity contribution in [3.63, 3.8) is 0 Å². The van der Waals surface area contributed by atoms with E-state index in [0.29, 0.717) is 5.25 Å². The van der Waals surface area contributed by atoms with E-state index in [1.807, 2.05) is 42.1 Å². The Hall–Kier alpha value is -1.80. The fraction of sp³-hybridized carbons (Fsp3) is 0.211. The molecule has 0 heterocycles. The molecule has 0 saturated carbocycles. The van der Waals surface area contributed by atoms with Crippen LogP contribution in [0.3, 0.4) is 0 Å². The molecule has 1 unspecified atom stereocenters. The number of carbonyl (C=O) groups is 1. The Kier molecular flexibility index (Phi) is 6.29. The first-order chi connectivity index (χ1) is 10.2. The van der Waals surface area contributed by atoms with Gasteiger partial charge in [0.2, 0.25) is 0 Å². The Labute approximate surface area is 131 Å². The molecule has 0 N–H and O–H groups in total. The molecule has 0 bridgehead atoms. The molecule has 0 fully saturated rings.